The summed E-state index contributed by atoms with van der Waals surface area (Å²) in [5.41, 5.74) is -0.968. The van der Waals surface area contributed by atoms with Gasteiger partial charge in [0.05, 0.1) is 23.6 Å². The highest BCUT2D eigenvalue weighted by Crippen LogP contribution is 2.27. The van der Waals surface area contributed by atoms with Crippen LogP contribution in [0.4, 0.5) is 5.69 Å². The van der Waals surface area contributed by atoms with Gasteiger partial charge < -0.3 is 10.0 Å². The average Bonchev–Trinajstić information content (AvgIpc) is 2.25. The first kappa shape index (κ1) is 12.8. The average molecular weight is 271 g/mol. The lowest BCUT2D eigenvalue weighted by atomic mass is 9.96. The van der Waals surface area contributed by atoms with Crippen molar-refractivity contribution in [2.45, 2.75) is 12.5 Å². The number of rotatable bonds is 2. The Morgan fingerprint density at radius 3 is 2.67 bits per heavy atom. The van der Waals surface area contributed by atoms with Crippen LogP contribution in [-0.4, -0.2) is 39.5 Å². The molecule has 2 rings (SSSR count). The highest BCUT2D eigenvalue weighted by atomic mass is 35.5. The Balaban J connectivity index is 2.22. The second-order valence-electron chi connectivity index (χ2n) is 4.58. The topological polar surface area (TPSA) is 83.7 Å². The first-order valence-corrected chi connectivity index (χ1v) is 5.63. The first-order valence-electron chi connectivity index (χ1n) is 5.26. The van der Waals surface area contributed by atoms with Gasteiger partial charge >= 0.3 is 0 Å². The molecule has 1 aliphatic rings. The quantitative estimate of drug-likeness (QED) is 0.651. The second kappa shape index (κ2) is 4.22. The van der Waals surface area contributed by atoms with Crippen LogP contribution in [0.1, 0.15) is 17.3 Å². The number of nitrogens with zero attached hydrogens (tertiary/aromatic N) is 2. The molecule has 96 valence electrons. The maximum absolute atomic E-state index is 11.9. The third kappa shape index (κ3) is 2.30. The fourth-order valence-corrected chi connectivity index (χ4v) is 2.07. The number of nitro groups is 1. The minimum absolute atomic E-state index is 0.00726. The molecule has 0 radical (unpaired) electrons. The lowest BCUT2D eigenvalue weighted by molar-refractivity contribution is -0.384. The van der Waals surface area contributed by atoms with E-state index in [0.717, 1.165) is 6.07 Å². The molecule has 1 heterocycles. The van der Waals surface area contributed by atoms with Crippen LogP contribution in [0.15, 0.2) is 18.2 Å². The number of carbonyl (C=O) groups excluding carboxylic acids is 1. The summed E-state index contributed by atoms with van der Waals surface area (Å²) in [5, 5.41) is 20.2. The summed E-state index contributed by atoms with van der Waals surface area (Å²) in [6.45, 7) is 2.08. The Hall–Kier alpha value is -1.66. The number of nitro benzene ring substituents is 1. The monoisotopic (exact) mass is 270 g/mol. The molecule has 0 saturated carbocycles. The minimum atomic E-state index is -0.867. The van der Waals surface area contributed by atoms with Crippen LogP contribution >= 0.6 is 11.6 Å². The molecule has 0 spiro atoms. The summed E-state index contributed by atoms with van der Waals surface area (Å²) < 4.78 is 0. The van der Waals surface area contributed by atoms with Gasteiger partial charge in [-0.05, 0) is 19.1 Å². The normalized spacial score (nSPS) is 17.2. The zero-order valence-electron chi connectivity index (χ0n) is 9.59. The molecule has 7 heteroatoms. The van der Waals surface area contributed by atoms with E-state index in [4.69, 9.17) is 11.6 Å². The molecule has 0 unspecified atom stereocenters. The number of carbonyl (C=O) groups is 1. The molecule has 1 aromatic carbocycles. The number of aliphatic hydroxyl groups is 1. The van der Waals surface area contributed by atoms with Crippen LogP contribution in [0.25, 0.3) is 0 Å². The van der Waals surface area contributed by atoms with Gasteiger partial charge in [0, 0.05) is 11.6 Å². The zero-order chi connectivity index (χ0) is 13.5. The summed E-state index contributed by atoms with van der Waals surface area (Å²) in [6, 6.07) is 3.91. The van der Waals surface area contributed by atoms with Crippen molar-refractivity contribution in [2.24, 2.45) is 0 Å². The van der Waals surface area contributed by atoms with Crippen molar-refractivity contribution in [1.82, 2.24) is 4.90 Å². The van der Waals surface area contributed by atoms with Gasteiger partial charge in [0.15, 0.2) is 0 Å². The molecule has 1 N–H and O–H groups in total. The Morgan fingerprint density at radius 2 is 2.17 bits per heavy atom. The van der Waals surface area contributed by atoms with Gasteiger partial charge in [-0.2, -0.15) is 0 Å². The fraction of sp³-hybridized carbons (Fsp3) is 0.364. The standard InChI is InChI=1S/C11H11ClN2O4/c1-11(16)5-13(6-11)10(15)7-2-3-8(12)9(4-7)14(17)18/h2-4,16H,5-6H2,1H3. The second-order valence-corrected chi connectivity index (χ2v) is 4.99. The Kier molecular flexibility index (Phi) is 3.00. The Morgan fingerprint density at radius 1 is 1.56 bits per heavy atom. The van der Waals surface area contributed by atoms with Gasteiger partial charge in [0.1, 0.15) is 5.02 Å². The molecule has 1 aliphatic heterocycles. The third-order valence-electron chi connectivity index (χ3n) is 2.74. The van der Waals surface area contributed by atoms with Crippen molar-refractivity contribution in [3.8, 4) is 0 Å². The number of halogens is 1. The van der Waals surface area contributed by atoms with Crippen molar-refractivity contribution < 1.29 is 14.8 Å². The summed E-state index contributed by atoms with van der Waals surface area (Å²) >= 11 is 5.66. The highest BCUT2D eigenvalue weighted by molar-refractivity contribution is 6.32. The summed E-state index contributed by atoms with van der Waals surface area (Å²) in [4.78, 5) is 23.4. The van der Waals surface area contributed by atoms with E-state index >= 15 is 0 Å². The van der Waals surface area contributed by atoms with E-state index < -0.39 is 10.5 Å². The van der Waals surface area contributed by atoms with Crippen LogP contribution in [-0.2, 0) is 0 Å². The van der Waals surface area contributed by atoms with Crippen LogP contribution in [0.5, 0.6) is 0 Å². The van der Waals surface area contributed by atoms with Gasteiger partial charge in [0.2, 0.25) is 0 Å². The van der Waals surface area contributed by atoms with Gasteiger partial charge in [-0.15, -0.1) is 0 Å². The van der Waals surface area contributed by atoms with Crippen LogP contribution < -0.4 is 0 Å². The van der Waals surface area contributed by atoms with Crippen molar-refractivity contribution in [1.29, 1.82) is 0 Å². The van der Waals surface area contributed by atoms with Crippen molar-refractivity contribution in [3.63, 3.8) is 0 Å². The molecule has 1 amide bonds. The molecule has 0 aliphatic carbocycles. The molecule has 0 atom stereocenters. The predicted molar refractivity (Wildman–Crippen MR) is 64.6 cm³/mol. The maximum Gasteiger partial charge on any atom is 0.288 e. The van der Waals surface area contributed by atoms with E-state index in [9.17, 15) is 20.0 Å². The molecule has 6 nitrogen and oxygen atoms in total. The number of likely N-dealkylation sites (tertiary alicyclic amines) is 1. The minimum Gasteiger partial charge on any atom is -0.386 e. The molecular weight excluding hydrogens is 260 g/mol. The van der Waals surface area contributed by atoms with E-state index in [0.29, 0.717) is 0 Å². The van der Waals surface area contributed by atoms with Gasteiger partial charge in [-0.25, -0.2) is 0 Å². The predicted octanol–water partition coefficient (Wildman–Crippen LogP) is 1.46. The molecule has 0 aromatic heterocycles. The lowest BCUT2D eigenvalue weighted by Crippen LogP contribution is -2.61. The van der Waals surface area contributed by atoms with Crippen molar-refractivity contribution in [3.05, 3.63) is 38.9 Å². The molecular formula is C11H11ClN2O4. The molecule has 1 saturated heterocycles. The van der Waals surface area contributed by atoms with E-state index in [1.165, 1.54) is 17.0 Å². The summed E-state index contributed by atoms with van der Waals surface area (Å²) in [6.07, 6.45) is 0. The van der Waals surface area contributed by atoms with Gasteiger partial charge in [0.25, 0.3) is 11.6 Å². The maximum atomic E-state index is 11.9. The molecule has 0 bridgehead atoms. The number of hydrogen-bond acceptors (Lipinski definition) is 4. The molecule has 1 aromatic rings. The van der Waals surface area contributed by atoms with Crippen LogP contribution in [0.3, 0.4) is 0 Å². The summed E-state index contributed by atoms with van der Waals surface area (Å²) in [7, 11) is 0. The summed E-state index contributed by atoms with van der Waals surface area (Å²) in [5.74, 6) is -0.346. The van der Waals surface area contributed by atoms with Crippen molar-refractivity contribution in [2.75, 3.05) is 13.1 Å². The lowest BCUT2D eigenvalue weighted by Gasteiger charge is -2.44. The van der Waals surface area contributed by atoms with E-state index in [1.807, 2.05) is 0 Å². The Labute approximate surface area is 108 Å². The van der Waals surface area contributed by atoms with E-state index in [1.54, 1.807) is 6.92 Å². The molecule has 18 heavy (non-hydrogen) atoms. The zero-order valence-corrected chi connectivity index (χ0v) is 10.3. The van der Waals surface area contributed by atoms with E-state index in [-0.39, 0.29) is 35.3 Å². The number of β-amino-alcohol motifs (C(OH)–C–C–N with tert-alkyl or cyclic N) is 1. The molecule has 1 fully saturated rings. The van der Waals surface area contributed by atoms with Crippen LogP contribution in [0, 0.1) is 10.1 Å². The first-order chi connectivity index (χ1) is 8.30. The van der Waals surface area contributed by atoms with Gasteiger partial charge in [-0.1, -0.05) is 11.6 Å². The number of hydrogen-bond donors (Lipinski definition) is 1. The number of amides is 1. The SMILES string of the molecule is CC1(O)CN(C(=O)c2ccc(Cl)c([N+](=O)[O-])c2)C1. The van der Waals surface area contributed by atoms with Crippen LogP contribution in [0.2, 0.25) is 5.02 Å². The smallest absolute Gasteiger partial charge is 0.288 e. The van der Waals surface area contributed by atoms with Crippen molar-refractivity contribution >= 4 is 23.2 Å². The highest BCUT2D eigenvalue weighted by Gasteiger charge is 2.39. The van der Waals surface area contributed by atoms with E-state index in [2.05, 4.69) is 0 Å². The number of benzene rings is 1. The fourth-order valence-electron chi connectivity index (χ4n) is 1.89. The van der Waals surface area contributed by atoms with Gasteiger partial charge in [-0.3, -0.25) is 14.9 Å². The third-order valence-corrected chi connectivity index (χ3v) is 3.06. The largest absolute Gasteiger partial charge is 0.386 e. The Bertz CT molecular complexity index is 522.